The van der Waals surface area contributed by atoms with E-state index in [2.05, 4.69) is 0 Å². The third-order valence-electron chi connectivity index (χ3n) is 6.88. The van der Waals surface area contributed by atoms with Crippen molar-refractivity contribution in [3.8, 4) is 0 Å². The molecule has 0 saturated heterocycles. The molecule has 3 aliphatic rings. The summed E-state index contributed by atoms with van der Waals surface area (Å²) >= 11 is 0. The van der Waals surface area contributed by atoms with E-state index in [0.29, 0.717) is 12.0 Å². The summed E-state index contributed by atoms with van der Waals surface area (Å²) in [4.78, 5) is 37.5. The van der Waals surface area contributed by atoms with Crippen LogP contribution in [-0.4, -0.2) is 42.0 Å². The number of esters is 3. The summed E-state index contributed by atoms with van der Waals surface area (Å²) in [5.74, 6) is -4.05. The van der Waals surface area contributed by atoms with Gasteiger partial charge in [0.2, 0.25) is 5.79 Å². The summed E-state index contributed by atoms with van der Waals surface area (Å²) < 4.78 is 16.2. The lowest BCUT2D eigenvalue weighted by Gasteiger charge is -2.55. The van der Waals surface area contributed by atoms with Gasteiger partial charge in [0.05, 0.1) is 18.6 Å². The standard InChI is InChI=1S/C21H28O7/c1-6-11(2)17(22)27-16-15-12(3)18(23)28-21(15,25)10-13-8-7-9-14(19(24)26-5)20(13,16)4/h6,13-14,16,25H,7-10H2,1-5H3. The molecule has 0 bridgehead atoms. The first-order valence-electron chi connectivity index (χ1n) is 9.68. The molecule has 5 unspecified atom stereocenters. The monoisotopic (exact) mass is 392 g/mol. The number of aliphatic hydroxyl groups is 1. The van der Waals surface area contributed by atoms with Gasteiger partial charge in [-0.05, 0) is 39.5 Å². The SMILES string of the molecule is CC=C(C)C(=O)OC1C2=C(C)C(=O)OC2(O)CC2CCCC(C(=O)OC)C21C. The number of allylic oxidation sites excluding steroid dienone is 1. The maximum Gasteiger partial charge on any atom is 0.336 e. The molecule has 1 N–H and O–H groups in total. The third kappa shape index (κ3) is 2.87. The summed E-state index contributed by atoms with van der Waals surface area (Å²) in [6.45, 7) is 6.80. The number of fused-ring (bicyclic) bond motifs is 2. The van der Waals surface area contributed by atoms with Gasteiger partial charge in [-0.15, -0.1) is 0 Å². The predicted molar refractivity (Wildman–Crippen MR) is 98.6 cm³/mol. The van der Waals surface area contributed by atoms with E-state index in [1.54, 1.807) is 26.8 Å². The molecule has 5 atom stereocenters. The Labute approximate surface area is 164 Å². The van der Waals surface area contributed by atoms with E-state index < -0.39 is 35.2 Å². The number of hydrogen-bond donors (Lipinski definition) is 1. The van der Waals surface area contributed by atoms with Crippen molar-refractivity contribution in [3.05, 3.63) is 22.8 Å². The minimum absolute atomic E-state index is 0.173. The zero-order valence-electron chi connectivity index (χ0n) is 17.0. The molecule has 0 radical (unpaired) electrons. The Hall–Kier alpha value is -2.15. The lowest BCUT2D eigenvalue weighted by molar-refractivity contribution is -0.228. The van der Waals surface area contributed by atoms with E-state index in [0.717, 1.165) is 12.8 Å². The first-order valence-corrected chi connectivity index (χ1v) is 9.68. The number of carbonyl (C=O) groups excluding carboxylic acids is 3. The van der Waals surface area contributed by atoms with E-state index in [4.69, 9.17) is 14.2 Å². The highest BCUT2D eigenvalue weighted by Gasteiger charge is 2.66. The summed E-state index contributed by atoms with van der Waals surface area (Å²) in [5, 5.41) is 11.1. The minimum Gasteiger partial charge on any atom is -0.469 e. The van der Waals surface area contributed by atoms with Crippen molar-refractivity contribution >= 4 is 17.9 Å². The van der Waals surface area contributed by atoms with Gasteiger partial charge in [0.1, 0.15) is 6.10 Å². The normalized spacial score (nSPS) is 37.7. The van der Waals surface area contributed by atoms with Crippen LogP contribution < -0.4 is 0 Å². The summed E-state index contributed by atoms with van der Waals surface area (Å²) in [6, 6.07) is 0. The fraction of sp³-hybridized carbons (Fsp3) is 0.667. The Morgan fingerprint density at radius 2 is 2.00 bits per heavy atom. The van der Waals surface area contributed by atoms with Gasteiger partial charge in [0.15, 0.2) is 0 Å². The maximum atomic E-state index is 12.6. The van der Waals surface area contributed by atoms with Crippen molar-refractivity contribution in [1.82, 2.24) is 0 Å². The Kier molecular flexibility index (Phi) is 5.17. The first-order chi connectivity index (χ1) is 13.1. The van der Waals surface area contributed by atoms with E-state index in [-0.39, 0.29) is 29.5 Å². The largest absolute Gasteiger partial charge is 0.469 e. The second-order valence-corrected chi connectivity index (χ2v) is 8.24. The van der Waals surface area contributed by atoms with Gasteiger partial charge in [-0.2, -0.15) is 0 Å². The number of hydrogen-bond acceptors (Lipinski definition) is 7. The maximum absolute atomic E-state index is 12.6. The zero-order valence-corrected chi connectivity index (χ0v) is 17.0. The van der Waals surface area contributed by atoms with Gasteiger partial charge in [0, 0.05) is 23.0 Å². The number of carbonyl (C=O) groups is 3. The smallest absolute Gasteiger partial charge is 0.336 e. The molecule has 2 fully saturated rings. The van der Waals surface area contributed by atoms with Crippen molar-refractivity contribution in [2.45, 2.75) is 65.3 Å². The van der Waals surface area contributed by atoms with Crippen molar-refractivity contribution in [2.24, 2.45) is 17.3 Å². The van der Waals surface area contributed by atoms with Crippen LogP contribution in [0.4, 0.5) is 0 Å². The molecule has 3 rings (SSSR count). The molecule has 28 heavy (non-hydrogen) atoms. The topological polar surface area (TPSA) is 99.1 Å². The van der Waals surface area contributed by atoms with E-state index in [1.165, 1.54) is 7.11 Å². The second-order valence-electron chi connectivity index (χ2n) is 8.24. The molecule has 2 saturated carbocycles. The Balaban J connectivity index is 2.17. The van der Waals surface area contributed by atoms with Gasteiger partial charge in [-0.3, -0.25) is 4.79 Å². The first kappa shape index (κ1) is 20.6. The lowest BCUT2D eigenvalue weighted by atomic mass is 9.51. The Morgan fingerprint density at radius 1 is 1.32 bits per heavy atom. The van der Waals surface area contributed by atoms with Gasteiger partial charge in [0.25, 0.3) is 0 Å². The molecule has 7 heteroatoms. The molecular weight excluding hydrogens is 364 g/mol. The van der Waals surface area contributed by atoms with Crippen molar-refractivity contribution in [3.63, 3.8) is 0 Å². The summed E-state index contributed by atoms with van der Waals surface area (Å²) in [7, 11) is 1.34. The van der Waals surface area contributed by atoms with Gasteiger partial charge in [-0.1, -0.05) is 19.4 Å². The van der Waals surface area contributed by atoms with Gasteiger partial charge >= 0.3 is 17.9 Å². The highest BCUT2D eigenvalue weighted by molar-refractivity contribution is 5.93. The van der Waals surface area contributed by atoms with Crippen molar-refractivity contribution in [2.75, 3.05) is 7.11 Å². The molecule has 0 amide bonds. The molecule has 1 aliphatic heterocycles. The second kappa shape index (κ2) is 7.03. The molecular formula is C21H28O7. The Bertz CT molecular complexity index is 780. The number of ether oxygens (including phenoxy) is 3. The van der Waals surface area contributed by atoms with Crippen LogP contribution in [0.2, 0.25) is 0 Å². The van der Waals surface area contributed by atoms with Crippen LogP contribution in [0.3, 0.4) is 0 Å². The molecule has 0 aromatic heterocycles. The average molecular weight is 392 g/mol. The fourth-order valence-electron chi connectivity index (χ4n) is 5.10. The van der Waals surface area contributed by atoms with E-state index >= 15 is 0 Å². The summed E-state index contributed by atoms with van der Waals surface area (Å²) in [5.41, 5.74) is 0.0750. The van der Waals surface area contributed by atoms with Crippen LogP contribution in [0.15, 0.2) is 22.8 Å². The molecule has 0 spiro atoms. The van der Waals surface area contributed by atoms with Gasteiger partial charge in [-0.25, -0.2) is 9.59 Å². The Morgan fingerprint density at radius 3 is 2.61 bits per heavy atom. The molecule has 2 aliphatic carbocycles. The quantitative estimate of drug-likeness (QED) is 0.447. The molecule has 0 aromatic carbocycles. The van der Waals surface area contributed by atoms with Crippen molar-refractivity contribution < 1.29 is 33.7 Å². The molecule has 154 valence electrons. The minimum atomic E-state index is -1.81. The lowest BCUT2D eigenvalue weighted by Crippen LogP contribution is -2.61. The van der Waals surface area contributed by atoms with Crippen LogP contribution in [0, 0.1) is 17.3 Å². The predicted octanol–water partition coefficient (Wildman–Crippen LogP) is 2.43. The zero-order chi connectivity index (χ0) is 20.9. The van der Waals surface area contributed by atoms with E-state index in [9.17, 15) is 19.5 Å². The highest BCUT2D eigenvalue weighted by atomic mass is 16.7. The number of rotatable bonds is 3. The molecule has 1 heterocycles. The van der Waals surface area contributed by atoms with Crippen molar-refractivity contribution in [1.29, 1.82) is 0 Å². The number of methoxy groups -OCH3 is 1. The third-order valence-corrected chi connectivity index (χ3v) is 6.88. The van der Waals surface area contributed by atoms with Crippen LogP contribution in [-0.2, 0) is 28.6 Å². The van der Waals surface area contributed by atoms with Crippen LogP contribution in [0.25, 0.3) is 0 Å². The summed E-state index contributed by atoms with van der Waals surface area (Å²) in [6.07, 6.45) is 2.94. The highest BCUT2D eigenvalue weighted by Crippen LogP contribution is 2.60. The van der Waals surface area contributed by atoms with Gasteiger partial charge < -0.3 is 19.3 Å². The van der Waals surface area contributed by atoms with Crippen LogP contribution in [0.5, 0.6) is 0 Å². The van der Waals surface area contributed by atoms with Crippen LogP contribution in [0.1, 0.15) is 53.4 Å². The molecule has 0 aromatic rings. The van der Waals surface area contributed by atoms with Crippen LogP contribution >= 0.6 is 0 Å². The fourth-order valence-corrected chi connectivity index (χ4v) is 5.10. The average Bonchev–Trinajstić information content (AvgIpc) is 2.88. The molecule has 7 nitrogen and oxygen atoms in total. The van der Waals surface area contributed by atoms with E-state index in [1.807, 2.05) is 6.92 Å².